The molecule has 1 aliphatic carbocycles. The van der Waals surface area contributed by atoms with Crippen molar-refractivity contribution < 1.29 is 13.2 Å². The highest BCUT2D eigenvalue weighted by Crippen LogP contribution is 2.43. The van der Waals surface area contributed by atoms with Crippen molar-refractivity contribution in [2.75, 3.05) is 60.4 Å². The summed E-state index contributed by atoms with van der Waals surface area (Å²) in [6.07, 6.45) is 8.46. The van der Waals surface area contributed by atoms with E-state index in [1.807, 2.05) is 12.1 Å². The number of nitrogens with one attached hydrogen (secondary N) is 2. The SMILES string of the molecule is COc1cc(N2CCC(N(C)C)C2)c(C)cc1Nc1ncc(Cl)c(Nc2ccc3nccnc3c2N(C2CC2)S(C)(=O)=O)n1. The normalized spacial score (nSPS) is 16.9. The first kappa shape index (κ1) is 30.1. The monoisotopic (exact) mass is 637 g/mol. The zero-order valence-corrected chi connectivity index (χ0v) is 26.9. The Kier molecular flexibility index (Phi) is 8.12. The lowest BCUT2D eigenvalue weighted by Gasteiger charge is -2.26. The molecule has 2 aliphatic rings. The topological polar surface area (TPSA) is 129 Å². The van der Waals surface area contributed by atoms with Crippen molar-refractivity contribution >= 4 is 67.2 Å². The van der Waals surface area contributed by atoms with E-state index in [0.717, 1.165) is 43.6 Å². The Morgan fingerprint density at radius 3 is 2.48 bits per heavy atom. The van der Waals surface area contributed by atoms with Gasteiger partial charge >= 0.3 is 0 Å². The largest absolute Gasteiger partial charge is 0.494 e. The third-order valence-electron chi connectivity index (χ3n) is 8.07. The molecule has 1 saturated heterocycles. The molecule has 2 aromatic heterocycles. The van der Waals surface area contributed by atoms with Crippen LogP contribution in [0.4, 0.5) is 34.5 Å². The van der Waals surface area contributed by atoms with Crippen molar-refractivity contribution in [2.45, 2.75) is 38.3 Å². The molecule has 1 unspecified atom stereocenters. The Morgan fingerprint density at radius 2 is 1.80 bits per heavy atom. The summed E-state index contributed by atoms with van der Waals surface area (Å²) in [4.78, 5) is 22.6. The maximum absolute atomic E-state index is 13.0. The lowest BCUT2D eigenvalue weighted by molar-refractivity contribution is 0.315. The number of ether oxygens (including phenoxy) is 1. The molecule has 14 heteroatoms. The molecule has 0 amide bonds. The highest BCUT2D eigenvalue weighted by Gasteiger charge is 2.38. The molecule has 1 saturated carbocycles. The highest BCUT2D eigenvalue weighted by molar-refractivity contribution is 7.92. The quantitative estimate of drug-likeness (QED) is 0.245. The van der Waals surface area contributed by atoms with Gasteiger partial charge in [-0.1, -0.05) is 11.6 Å². The molecule has 4 aromatic rings. The van der Waals surface area contributed by atoms with Gasteiger partial charge in [0, 0.05) is 49.3 Å². The van der Waals surface area contributed by atoms with Crippen molar-refractivity contribution in [1.29, 1.82) is 0 Å². The number of hydrogen-bond acceptors (Lipinski definition) is 11. The Labute approximate surface area is 262 Å². The van der Waals surface area contributed by atoms with Crippen LogP contribution in [-0.4, -0.2) is 85.9 Å². The minimum atomic E-state index is -3.62. The standard InChI is InChI=1S/C30H36ClN9O3S/c1-18-14-24(26(43-4)15-25(18)39-13-10-20(17-39)38(2)3)36-30-34-16-21(31)29(37-30)35-23-9-8-22-27(33-12-11-32-22)28(23)40(19-6-7-19)44(5,41)42/h8-9,11-12,14-16,19-20H,6-7,10,13,17H2,1-5H3,(H2,34,35,36,37). The second-order valence-electron chi connectivity index (χ2n) is 11.5. The van der Waals surface area contributed by atoms with Crippen LogP contribution < -0.4 is 24.6 Å². The molecule has 44 heavy (non-hydrogen) atoms. The van der Waals surface area contributed by atoms with Crippen molar-refractivity contribution in [3.05, 3.63) is 53.4 Å². The van der Waals surface area contributed by atoms with Crippen molar-refractivity contribution in [1.82, 2.24) is 24.8 Å². The fourth-order valence-electron chi connectivity index (χ4n) is 5.70. The van der Waals surface area contributed by atoms with Gasteiger partial charge in [0.2, 0.25) is 16.0 Å². The van der Waals surface area contributed by atoms with Crippen LogP contribution in [0, 0.1) is 6.92 Å². The first-order chi connectivity index (χ1) is 21.0. The smallest absolute Gasteiger partial charge is 0.232 e. The molecule has 232 valence electrons. The molecule has 1 aliphatic heterocycles. The lowest BCUT2D eigenvalue weighted by atomic mass is 10.1. The molecule has 0 bridgehead atoms. The van der Waals surface area contributed by atoms with E-state index in [-0.39, 0.29) is 11.1 Å². The third-order valence-corrected chi connectivity index (χ3v) is 9.54. The zero-order chi connectivity index (χ0) is 31.2. The van der Waals surface area contributed by atoms with Gasteiger partial charge < -0.3 is 25.2 Å². The van der Waals surface area contributed by atoms with E-state index in [2.05, 4.69) is 61.4 Å². The molecule has 2 aromatic carbocycles. The van der Waals surface area contributed by atoms with Crippen molar-refractivity contribution in [3.63, 3.8) is 0 Å². The number of methoxy groups -OCH3 is 1. The predicted octanol–water partition coefficient (Wildman–Crippen LogP) is 4.95. The van der Waals surface area contributed by atoms with Crippen molar-refractivity contribution in [2.24, 2.45) is 0 Å². The van der Waals surface area contributed by atoms with Gasteiger partial charge in [-0.25, -0.2) is 13.4 Å². The first-order valence-corrected chi connectivity index (χ1v) is 16.7. The zero-order valence-electron chi connectivity index (χ0n) is 25.4. The average molecular weight is 638 g/mol. The van der Waals surface area contributed by atoms with E-state index < -0.39 is 10.0 Å². The van der Waals surface area contributed by atoms with Gasteiger partial charge in [0.1, 0.15) is 22.0 Å². The van der Waals surface area contributed by atoms with Gasteiger partial charge in [0.15, 0.2) is 5.82 Å². The Bertz CT molecular complexity index is 1820. The molecule has 0 spiro atoms. The summed E-state index contributed by atoms with van der Waals surface area (Å²) >= 11 is 6.57. The number of anilines is 6. The average Bonchev–Trinajstić information content (AvgIpc) is 3.68. The van der Waals surface area contributed by atoms with E-state index in [1.54, 1.807) is 31.6 Å². The number of benzene rings is 2. The number of aryl methyl sites for hydroxylation is 1. The van der Waals surface area contributed by atoms with Gasteiger partial charge in [-0.15, -0.1) is 0 Å². The summed E-state index contributed by atoms with van der Waals surface area (Å²) < 4.78 is 33.2. The van der Waals surface area contributed by atoms with E-state index in [9.17, 15) is 8.42 Å². The van der Waals surface area contributed by atoms with Crippen LogP contribution in [0.15, 0.2) is 42.9 Å². The summed E-state index contributed by atoms with van der Waals surface area (Å²) in [5, 5.41) is 6.80. The first-order valence-electron chi connectivity index (χ1n) is 14.4. The Balaban J connectivity index is 1.33. The number of likely N-dealkylation sites (N-methyl/N-ethyl adjacent to an activating group) is 1. The van der Waals surface area contributed by atoms with Gasteiger partial charge in [-0.05, 0) is 64.0 Å². The third kappa shape index (κ3) is 6.04. The summed E-state index contributed by atoms with van der Waals surface area (Å²) in [5.74, 6) is 1.26. The van der Waals surface area contributed by atoms with Crippen LogP contribution >= 0.6 is 11.6 Å². The Hall–Kier alpha value is -3.94. The number of aromatic nitrogens is 4. The number of nitrogens with zero attached hydrogens (tertiary/aromatic N) is 7. The van der Waals surface area contributed by atoms with Crippen LogP contribution in [0.3, 0.4) is 0 Å². The maximum atomic E-state index is 13.0. The fraction of sp³-hybridized carbons (Fsp3) is 0.400. The molecular weight excluding hydrogens is 602 g/mol. The van der Waals surface area contributed by atoms with Gasteiger partial charge in [-0.3, -0.25) is 14.3 Å². The minimum absolute atomic E-state index is 0.149. The molecular formula is C30H36ClN9O3S. The second-order valence-corrected chi connectivity index (χ2v) is 13.8. The summed E-state index contributed by atoms with van der Waals surface area (Å²) in [5.41, 5.74) is 4.89. The number of halogens is 1. The lowest BCUT2D eigenvalue weighted by Crippen LogP contribution is -2.33. The fourth-order valence-corrected chi connectivity index (χ4v) is 7.11. The molecule has 2 fully saturated rings. The number of fused-ring (bicyclic) bond motifs is 1. The number of hydrogen-bond donors (Lipinski definition) is 2. The van der Waals surface area contributed by atoms with E-state index in [1.165, 1.54) is 16.8 Å². The van der Waals surface area contributed by atoms with E-state index in [0.29, 0.717) is 51.7 Å². The molecule has 12 nitrogen and oxygen atoms in total. The minimum Gasteiger partial charge on any atom is -0.494 e. The summed E-state index contributed by atoms with van der Waals surface area (Å²) in [7, 11) is 2.25. The summed E-state index contributed by atoms with van der Waals surface area (Å²) in [6.45, 7) is 4.02. The molecule has 1 atom stereocenters. The van der Waals surface area contributed by atoms with Gasteiger partial charge in [-0.2, -0.15) is 4.98 Å². The van der Waals surface area contributed by atoms with Crippen molar-refractivity contribution in [3.8, 4) is 5.75 Å². The van der Waals surface area contributed by atoms with Crippen LogP contribution in [0.1, 0.15) is 24.8 Å². The van der Waals surface area contributed by atoms with Gasteiger partial charge in [0.05, 0.1) is 36.5 Å². The molecule has 0 radical (unpaired) electrons. The van der Waals surface area contributed by atoms with Crippen LogP contribution in [0.5, 0.6) is 5.75 Å². The van der Waals surface area contributed by atoms with E-state index in [4.69, 9.17) is 16.3 Å². The number of rotatable bonds is 10. The van der Waals surface area contributed by atoms with Crippen LogP contribution in [0.25, 0.3) is 11.0 Å². The van der Waals surface area contributed by atoms with Crippen LogP contribution in [0.2, 0.25) is 5.02 Å². The molecule has 2 N–H and O–H groups in total. The van der Waals surface area contributed by atoms with Crippen LogP contribution in [-0.2, 0) is 10.0 Å². The maximum Gasteiger partial charge on any atom is 0.232 e. The van der Waals surface area contributed by atoms with E-state index >= 15 is 0 Å². The summed E-state index contributed by atoms with van der Waals surface area (Å²) in [6, 6.07) is 7.99. The second kappa shape index (κ2) is 11.9. The predicted molar refractivity (Wildman–Crippen MR) is 176 cm³/mol. The number of sulfonamides is 1. The Morgan fingerprint density at radius 1 is 1.02 bits per heavy atom. The molecule has 6 rings (SSSR count). The highest BCUT2D eigenvalue weighted by atomic mass is 35.5. The molecule has 3 heterocycles. The van der Waals surface area contributed by atoms with Gasteiger partial charge in [0.25, 0.3) is 0 Å².